The Morgan fingerprint density at radius 3 is 2.17 bits per heavy atom. The van der Waals surface area contributed by atoms with Crippen molar-refractivity contribution in [3.63, 3.8) is 0 Å². The van der Waals surface area contributed by atoms with Crippen LogP contribution in [0, 0.1) is 0 Å². The van der Waals surface area contributed by atoms with Gasteiger partial charge >= 0.3 is 0 Å². The predicted octanol–water partition coefficient (Wildman–Crippen LogP) is 4.41. The van der Waals surface area contributed by atoms with Gasteiger partial charge in [0, 0.05) is 12.1 Å². The minimum Gasteiger partial charge on any atom is -0.457 e. The van der Waals surface area contributed by atoms with Crippen molar-refractivity contribution in [2.24, 2.45) is 0 Å². The van der Waals surface area contributed by atoms with Gasteiger partial charge in [-0.2, -0.15) is 0 Å². The molecular weight excluding hydrogens is 286 g/mol. The SMILES string of the molecule is O=C(NCc1ccccc1)c1cccc(Oc2ccccc2)c1. The minimum atomic E-state index is -0.118. The van der Waals surface area contributed by atoms with E-state index in [0.717, 1.165) is 11.3 Å². The van der Waals surface area contributed by atoms with E-state index in [9.17, 15) is 4.79 Å². The second kappa shape index (κ2) is 7.27. The summed E-state index contributed by atoms with van der Waals surface area (Å²) in [5, 5.41) is 2.91. The van der Waals surface area contributed by atoms with E-state index in [1.54, 1.807) is 12.1 Å². The van der Waals surface area contributed by atoms with Gasteiger partial charge in [-0.05, 0) is 35.9 Å². The number of benzene rings is 3. The number of hydrogen-bond donors (Lipinski definition) is 1. The van der Waals surface area contributed by atoms with Crippen molar-refractivity contribution in [1.29, 1.82) is 0 Å². The van der Waals surface area contributed by atoms with Crippen LogP contribution in [0.3, 0.4) is 0 Å². The summed E-state index contributed by atoms with van der Waals surface area (Å²) in [6.07, 6.45) is 0. The van der Waals surface area contributed by atoms with Gasteiger partial charge < -0.3 is 10.1 Å². The Morgan fingerprint density at radius 2 is 1.43 bits per heavy atom. The van der Waals surface area contributed by atoms with Gasteiger partial charge in [-0.25, -0.2) is 0 Å². The van der Waals surface area contributed by atoms with Crippen molar-refractivity contribution in [2.45, 2.75) is 6.54 Å². The Balaban J connectivity index is 1.65. The summed E-state index contributed by atoms with van der Waals surface area (Å²) < 4.78 is 5.75. The summed E-state index contributed by atoms with van der Waals surface area (Å²) >= 11 is 0. The average molecular weight is 303 g/mol. The number of hydrogen-bond acceptors (Lipinski definition) is 2. The zero-order valence-corrected chi connectivity index (χ0v) is 12.6. The Morgan fingerprint density at radius 1 is 0.783 bits per heavy atom. The van der Waals surface area contributed by atoms with Crippen LogP contribution in [0.1, 0.15) is 15.9 Å². The summed E-state index contributed by atoms with van der Waals surface area (Å²) in [5.41, 5.74) is 1.65. The first-order valence-corrected chi connectivity index (χ1v) is 7.46. The molecule has 0 saturated heterocycles. The normalized spacial score (nSPS) is 10.1. The lowest BCUT2D eigenvalue weighted by Gasteiger charge is -2.08. The third-order valence-electron chi connectivity index (χ3n) is 3.37. The fourth-order valence-corrected chi connectivity index (χ4v) is 2.21. The monoisotopic (exact) mass is 303 g/mol. The van der Waals surface area contributed by atoms with E-state index in [1.807, 2.05) is 72.8 Å². The Kier molecular flexibility index (Phi) is 4.69. The molecule has 0 fully saturated rings. The maximum absolute atomic E-state index is 12.3. The van der Waals surface area contributed by atoms with E-state index in [2.05, 4.69) is 5.32 Å². The predicted molar refractivity (Wildman–Crippen MR) is 90.6 cm³/mol. The highest BCUT2D eigenvalue weighted by Gasteiger charge is 2.07. The van der Waals surface area contributed by atoms with E-state index < -0.39 is 0 Å². The molecule has 0 atom stereocenters. The molecular formula is C20H17NO2. The molecule has 3 aromatic rings. The molecule has 1 N–H and O–H groups in total. The van der Waals surface area contributed by atoms with Gasteiger partial charge in [0.2, 0.25) is 0 Å². The number of para-hydroxylation sites is 1. The van der Waals surface area contributed by atoms with E-state index in [-0.39, 0.29) is 5.91 Å². The lowest BCUT2D eigenvalue weighted by molar-refractivity contribution is 0.0950. The molecule has 0 spiro atoms. The minimum absolute atomic E-state index is 0.118. The van der Waals surface area contributed by atoms with Crippen LogP contribution in [-0.4, -0.2) is 5.91 Å². The van der Waals surface area contributed by atoms with Crippen LogP contribution in [0.2, 0.25) is 0 Å². The zero-order valence-electron chi connectivity index (χ0n) is 12.6. The fraction of sp³-hybridized carbons (Fsp3) is 0.0500. The molecule has 0 unspecified atom stereocenters. The number of rotatable bonds is 5. The standard InChI is InChI=1S/C20H17NO2/c22-20(21-15-16-8-3-1-4-9-16)17-10-7-13-19(14-17)23-18-11-5-2-6-12-18/h1-14H,15H2,(H,21,22). The summed E-state index contributed by atoms with van der Waals surface area (Å²) in [6, 6.07) is 26.5. The second-order valence-electron chi connectivity index (χ2n) is 5.11. The highest BCUT2D eigenvalue weighted by molar-refractivity contribution is 5.94. The Hall–Kier alpha value is -3.07. The third kappa shape index (κ3) is 4.20. The first kappa shape index (κ1) is 14.9. The van der Waals surface area contributed by atoms with Crippen LogP contribution >= 0.6 is 0 Å². The van der Waals surface area contributed by atoms with Crippen molar-refractivity contribution >= 4 is 5.91 Å². The topological polar surface area (TPSA) is 38.3 Å². The summed E-state index contributed by atoms with van der Waals surface area (Å²) in [4.78, 5) is 12.3. The van der Waals surface area contributed by atoms with Crippen LogP contribution in [0.5, 0.6) is 11.5 Å². The maximum Gasteiger partial charge on any atom is 0.251 e. The highest BCUT2D eigenvalue weighted by atomic mass is 16.5. The quantitative estimate of drug-likeness (QED) is 0.758. The molecule has 0 bridgehead atoms. The third-order valence-corrected chi connectivity index (χ3v) is 3.37. The van der Waals surface area contributed by atoms with Crippen molar-refractivity contribution in [3.8, 4) is 11.5 Å². The molecule has 3 aromatic carbocycles. The maximum atomic E-state index is 12.3. The lowest BCUT2D eigenvalue weighted by atomic mass is 10.2. The van der Waals surface area contributed by atoms with Crippen LogP contribution in [0.15, 0.2) is 84.9 Å². The van der Waals surface area contributed by atoms with Gasteiger partial charge in [-0.3, -0.25) is 4.79 Å². The molecule has 3 rings (SSSR count). The van der Waals surface area contributed by atoms with Crippen LogP contribution < -0.4 is 10.1 Å². The van der Waals surface area contributed by atoms with E-state index >= 15 is 0 Å². The molecule has 0 aliphatic carbocycles. The van der Waals surface area contributed by atoms with Crippen molar-refractivity contribution in [2.75, 3.05) is 0 Å². The van der Waals surface area contributed by atoms with Crippen molar-refractivity contribution in [3.05, 3.63) is 96.1 Å². The van der Waals surface area contributed by atoms with Crippen LogP contribution in [0.25, 0.3) is 0 Å². The van der Waals surface area contributed by atoms with Gasteiger partial charge in [-0.15, -0.1) is 0 Å². The summed E-state index contributed by atoms with van der Waals surface area (Å²) in [5.74, 6) is 1.27. The average Bonchev–Trinajstić information content (AvgIpc) is 2.62. The molecule has 0 aliphatic heterocycles. The largest absolute Gasteiger partial charge is 0.457 e. The van der Waals surface area contributed by atoms with E-state index in [4.69, 9.17) is 4.74 Å². The van der Waals surface area contributed by atoms with Crippen molar-refractivity contribution in [1.82, 2.24) is 5.32 Å². The number of carbonyl (C=O) groups is 1. The smallest absolute Gasteiger partial charge is 0.251 e. The molecule has 114 valence electrons. The fourth-order valence-electron chi connectivity index (χ4n) is 2.21. The van der Waals surface area contributed by atoms with E-state index in [0.29, 0.717) is 17.9 Å². The van der Waals surface area contributed by atoms with Crippen molar-refractivity contribution < 1.29 is 9.53 Å². The van der Waals surface area contributed by atoms with Gasteiger partial charge in [0.15, 0.2) is 0 Å². The molecule has 0 aromatic heterocycles. The number of ether oxygens (including phenoxy) is 1. The molecule has 0 saturated carbocycles. The van der Waals surface area contributed by atoms with Gasteiger partial charge in [0.05, 0.1) is 0 Å². The molecule has 0 aliphatic rings. The van der Waals surface area contributed by atoms with Gasteiger partial charge in [-0.1, -0.05) is 54.6 Å². The van der Waals surface area contributed by atoms with Crippen LogP contribution in [-0.2, 0) is 6.54 Å². The molecule has 1 amide bonds. The van der Waals surface area contributed by atoms with Gasteiger partial charge in [0.1, 0.15) is 11.5 Å². The summed E-state index contributed by atoms with van der Waals surface area (Å²) in [6.45, 7) is 0.503. The first-order chi connectivity index (χ1) is 11.3. The number of carbonyl (C=O) groups excluding carboxylic acids is 1. The first-order valence-electron chi connectivity index (χ1n) is 7.46. The Labute approximate surface area is 135 Å². The zero-order chi connectivity index (χ0) is 15.9. The molecule has 0 radical (unpaired) electrons. The van der Waals surface area contributed by atoms with Gasteiger partial charge in [0.25, 0.3) is 5.91 Å². The number of amides is 1. The Bertz CT molecular complexity index is 770. The molecule has 3 heteroatoms. The second-order valence-corrected chi connectivity index (χ2v) is 5.11. The van der Waals surface area contributed by atoms with E-state index in [1.165, 1.54) is 0 Å². The van der Waals surface area contributed by atoms with Crippen LogP contribution in [0.4, 0.5) is 0 Å². The molecule has 0 heterocycles. The molecule has 3 nitrogen and oxygen atoms in total. The highest BCUT2D eigenvalue weighted by Crippen LogP contribution is 2.21. The lowest BCUT2D eigenvalue weighted by Crippen LogP contribution is -2.22. The molecule has 23 heavy (non-hydrogen) atoms. The summed E-state index contributed by atoms with van der Waals surface area (Å²) in [7, 11) is 0. The number of nitrogens with one attached hydrogen (secondary N) is 1.